The third-order valence-corrected chi connectivity index (χ3v) is 9.08. The van der Waals surface area contributed by atoms with Gasteiger partial charge in [0.25, 0.3) is 0 Å². The number of halogens is 1. The molecule has 3 heterocycles. The van der Waals surface area contributed by atoms with Crippen LogP contribution < -0.4 is 0 Å². The minimum absolute atomic E-state index is 0.175. The van der Waals surface area contributed by atoms with Crippen molar-refractivity contribution in [2.75, 3.05) is 32.7 Å². The van der Waals surface area contributed by atoms with Gasteiger partial charge in [0.15, 0.2) is 0 Å². The maximum atomic E-state index is 11.6. The van der Waals surface area contributed by atoms with E-state index in [1.54, 1.807) is 11.3 Å². The van der Waals surface area contributed by atoms with Crippen molar-refractivity contribution < 1.29 is 9.90 Å². The molecule has 0 unspecified atom stereocenters. The maximum Gasteiger partial charge on any atom is 0.306 e. The van der Waals surface area contributed by atoms with Crippen LogP contribution in [0.3, 0.4) is 0 Å². The number of hydrogen-bond donors (Lipinski definition) is 1. The Labute approximate surface area is 219 Å². The van der Waals surface area contributed by atoms with Crippen molar-refractivity contribution in [2.45, 2.75) is 65.3 Å². The molecule has 7 heteroatoms. The molecule has 35 heavy (non-hydrogen) atoms. The van der Waals surface area contributed by atoms with Crippen LogP contribution in [0.25, 0.3) is 0 Å². The molecule has 1 aromatic carbocycles. The van der Waals surface area contributed by atoms with E-state index in [4.69, 9.17) is 16.6 Å². The van der Waals surface area contributed by atoms with Crippen LogP contribution >= 0.6 is 22.9 Å². The minimum atomic E-state index is -0.615. The van der Waals surface area contributed by atoms with Crippen LogP contribution in [-0.4, -0.2) is 58.6 Å². The van der Waals surface area contributed by atoms with E-state index in [2.05, 4.69) is 54.2 Å². The van der Waals surface area contributed by atoms with Crippen molar-refractivity contribution in [1.29, 1.82) is 0 Å². The fraction of sp³-hybridized carbons (Fsp3) is 0.643. The summed E-state index contributed by atoms with van der Waals surface area (Å²) in [4.78, 5) is 21.6. The van der Waals surface area contributed by atoms with Crippen LogP contribution in [0.5, 0.6) is 0 Å². The second-order valence-electron chi connectivity index (χ2n) is 10.8. The molecule has 0 amide bonds. The summed E-state index contributed by atoms with van der Waals surface area (Å²) in [5.41, 5.74) is 3.64. The molecule has 0 spiro atoms. The number of thiazole rings is 1. The van der Waals surface area contributed by atoms with E-state index >= 15 is 0 Å². The molecule has 2 fully saturated rings. The highest BCUT2D eigenvalue weighted by molar-refractivity contribution is 7.09. The van der Waals surface area contributed by atoms with Gasteiger partial charge < -0.3 is 10.0 Å². The van der Waals surface area contributed by atoms with Gasteiger partial charge in [-0.15, -0.1) is 11.3 Å². The van der Waals surface area contributed by atoms with Crippen LogP contribution in [0.15, 0.2) is 23.6 Å². The fourth-order valence-corrected chi connectivity index (χ4v) is 6.98. The second-order valence-corrected chi connectivity index (χ2v) is 12.2. The van der Waals surface area contributed by atoms with E-state index in [-0.39, 0.29) is 5.92 Å². The summed E-state index contributed by atoms with van der Waals surface area (Å²) in [7, 11) is 0. The Balaban J connectivity index is 1.37. The quantitative estimate of drug-likeness (QED) is 0.404. The summed E-state index contributed by atoms with van der Waals surface area (Å²) in [6, 6.07) is 6.38. The van der Waals surface area contributed by atoms with Crippen LogP contribution in [-0.2, 0) is 11.3 Å². The number of benzene rings is 1. The fourth-order valence-electron chi connectivity index (χ4n) is 6.01. The number of aromatic nitrogens is 1. The molecule has 192 valence electrons. The van der Waals surface area contributed by atoms with E-state index in [0.717, 1.165) is 81.4 Å². The number of piperidine rings is 1. The predicted molar refractivity (Wildman–Crippen MR) is 144 cm³/mol. The van der Waals surface area contributed by atoms with Gasteiger partial charge in [-0.2, -0.15) is 0 Å². The van der Waals surface area contributed by atoms with Crippen molar-refractivity contribution in [3.63, 3.8) is 0 Å². The average Bonchev–Trinajstić information content (AvgIpc) is 3.42. The summed E-state index contributed by atoms with van der Waals surface area (Å²) >= 11 is 8.31. The first-order valence-corrected chi connectivity index (χ1v) is 14.4. The lowest BCUT2D eigenvalue weighted by Gasteiger charge is -2.35. The molecule has 1 aromatic heterocycles. The zero-order valence-electron chi connectivity index (χ0n) is 21.4. The van der Waals surface area contributed by atoms with Gasteiger partial charge in [-0.3, -0.25) is 9.69 Å². The van der Waals surface area contributed by atoms with E-state index in [9.17, 15) is 9.90 Å². The molecule has 2 aromatic rings. The predicted octanol–water partition coefficient (Wildman–Crippen LogP) is 6.23. The molecule has 2 aliphatic rings. The monoisotopic (exact) mass is 517 g/mol. The second kappa shape index (κ2) is 12.2. The Morgan fingerprint density at radius 1 is 1.23 bits per heavy atom. The lowest BCUT2D eigenvalue weighted by atomic mass is 9.84. The van der Waals surface area contributed by atoms with Crippen molar-refractivity contribution >= 4 is 28.9 Å². The number of aryl methyl sites for hydroxylation is 2. The highest BCUT2D eigenvalue weighted by Crippen LogP contribution is 2.36. The molecule has 4 rings (SSSR count). The van der Waals surface area contributed by atoms with Gasteiger partial charge in [-0.05, 0) is 81.6 Å². The van der Waals surface area contributed by atoms with E-state index in [1.807, 2.05) is 0 Å². The highest BCUT2D eigenvalue weighted by Gasteiger charge is 2.37. The molecule has 0 aliphatic carbocycles. The Bertz CT molecular complexity index is 988. The number of likely N-dealkylation sites (tertiary alicyclic amines) is 2. The molecule has 0 saturated carbocycles. The van der Waals surface area contributed by atoms with Crippen LogP contribution in [0.1, 0.15) is 66.8 Å². The zero-order chi connectivity index (χ0) is 24.9. The first kappa shape index (κ1) is 26.6. The van der Waals surface area contributed by atoms with Gasteiger partial charge in [0, 0.05) is 42.5 Å². The molecule has 1 N–H and O–H groups in total. The number of aliphatic carboxylic acids is 1. The third-order valence-electron chi connectivity index (χ3n) is 7.94. The standard InChI is InChI=1S/C28H40ClN3O2S/c1-4-5-22(28(33)34)13-21-8-10-31(11-9-21)15-24-16-32(14-23-7-6-19(2)12-26(23)29)17-25(24)27-18-35-20(3)30-27/h6-7,12,18,21-22,24-25H,4-5,8-11,13-17H2,1-3H3,(H,33,34)/t22-,24+,25+/m1/s1. The summed E-state index contributed by atoms with van der Waals surface area (Å²) in [6.45, 7) is 12.4. The maximum absolute atomic E-state index is 11.6. The molecule has 2 aliphatic heterocycles. The average molecular weight is 518 g/mol. The molecule has 5 nitrogen and oxygen atoms in total. The summed E-state index contributed by atoms with van der Waals surface area (Å²) in [6.07, 6.45) is 4.81. The molecular formula is C28H40ClN3O2S. The lowest BCUT2D eigenvalue weighted by molar-refractivity contribution is -0.142. The molecule has 3 atom stereocenters. The first-order chi connectivity index (χ1) is 16.8. The van der Waals surface area contributed by atoms with Crippen molar-refractivity contribution in [1.82, 2.24) is 14.8 Å². The minimum Gasteiger partial charge on any atom is -0.481 e. The van der Waals surface area contributed by atoms with E-state index in [1.165, 1.54) is 16.8 Å². The van der Waals surface area contributed by atoms with E-state index < -0.39 is 5.97 Å². The van der Waals surface area contributed by atoms with Crippen molar-refractivity contribution in [3.8, 4) is 0 Å². The summed E-state index contributed by atoms with van der Waals surface area (Å²) in [5.74, 6) is 0.743. The number of carboxylic acid groups (broad SMARTS) is 1. The Morgan fingerprint density at radius 2 is 2.00 bits per heavy atom. The topological polar surface area (TPSA) is 56.7 Å². The van der Waals surface area contributed by atoms with E-state index in [0.29, 0.717) is 17.8 Å². The molecule has 0 bridgehead atoms. The number of rotatable bonds is 10. The zero-order valence-corrected chi connectivity index (χ0v) is 23.0. The van der Waals surface area contributed by atoms with Crippen LogP contribution in [0.2, 0.25) is 5.02 Å². The molecule has 0 radical (unpaired) electrons. The van der Waals surface area contributed by atoms with Gasteiger partial charge in [-0.25, -0.2) is 4.98 Å². The number of hydrogen-bond acceptors (Lipinski definition) is 5. The van der Waals surface area contributed by atoms with Gasteiger partial charge in [0.05, 0.1) is 16.6 Å². The largest absolute Gasteiger partial charge is 0.481 e. The van der Waals surface area contributed by atoms with Gasteiger partial charge in [0.1, 0.15) is 0 Å². The number of nitrogens with zero attached hydrogens (tertiary/aromatic N) is 3. The van der Waals surface area contributed by atoms with Gasteiger partial charge in [-0.1, -0.05) is 37.1 Å². The third kappa shape index (κ3) is 7.06. The Kier molecular flexibility index (Phi) is 9.25. The smallest absolute Gasteiger partial charge is 0.306 e. The van der Waals surface area contributed by atoms with Crippen LogP contribution in [0, 0.1) is 31.6 Å². The van der Waals surface area contributed by atoms with Crippen molar-refractivity contribution in [2.24, 2.45) is 17.8 Å². The lowest BCUT2D eigenvalue weighted by Crippen LogP contribution is -2.39. The highest BCUT2D eigenvalue weighted by atomic mass is 35.5. The molecular weight excluding hydrogens is 478 g/mol. The first-order valence-electron chi connectivity index (χ1n) is 13.2. The molecule has 2 saturated heterocycles. The number of carbonyl (C=O) groups is 1. The number of carboxylic acids is 1. The van der Waals surface area contributed by atoms with Gasteiger partial charge in [0.2, 0.25) is 0 Å². The Hall–Kier alpha value is -1.47. The van der Waals surface area contributed by atoms with Crippen molar-refractivity contribution in [3.05, 3.63) is 50.4 Å². The van der Waals surface area contributed by atoms with Gasteiger partial charge >= 0.3 is 5.97 Å². The summed E-state index contributed by atoms with van der Waals surface area (Å²) < 4.78 is 0. The SMILES string of the molecule is CCC[C@H](CC1CCN(C[C@H]2CN(Cc3ccc(C)cc3Cl)C[C@@H]2c2csc(C)n2)CC1)C(=O)O. The Morgan fingerprint density at radius 3 is 2.63 bits per heavy atom. The normalized spacial score (nSPS) is 23.1. The van der Waals surface area contributed by atoms with Crippen LogP contribution in [0.4, 0.5) is 0 Å². The summed E-state index contributed by atoms with van der Waals surface area (Å²) in [5, 5.41) is 13.8.